The van der Waals surface area contributed by atoms with Gasteiger partial charge in [0.15, 0.2) is 5.78 Å². The predicted octanol–water partition coefficient (Wildman–Crippen LogP) is 3.43. The smallest absolute Gasteiger partial charge is 0.251 e. The first-order valence-corrected chi connectivity index (χ1v) is 7.97. The van der Waals surface area contributed by atoms with Crippen molar-refractivity contribution in [2.45, 2.75) is 20.8 Å². The van der Waals surface area contributed by atoms with Crippen LogP contribution in [0.2, 0.25) is 0 Å². The maximum absolute atomic E-state index is 12.2. The quantitative estimate of drug-likeness (QED) is 0.436. The fraction of sp³-hybridized carbons (Fsp3) is 0.150. The average molecular weight is 352 g/mol. The molecule has 26 heavy (non-hydrogen) atoms. The molecular formula is C20H20N2O4. The fourth-order valence-electron chi connectivity index (χ4n) is 2.20. The van der Waals surface area contributed by atoms with Gasteiger partial charge in [0.05, 0.1) is 5.69 Å². The molecule has 6 heteroatoms. The first-order chi connectivity index (χ1) is 12.3. The second-order valence-corrected chi connectivity index (χ2v) is 5.92. The van der Waals surface area contributed by atoms with Gasteiger partial charge in [-0.3, -0.25) is 14.4 Å². The number of amides is 2. The zero-order valence-electron chi connectivity index (χ0n) is 14.8. The molecule has 2 aromatic carbocycles. The van der Waals surface area contributed by atoms with Crippen LogP contribution in [0, 0.1) is 6.92 Å². The second kappa shape index (κ2) is 8.11. The Kier molecular flexibility index (Phi) is 5.90. The van der Waals surface area contributed by atoms with Gasteiger partial charge in [0, 0.05) is 22.9 Å². The number of carbonyl (C=O) groups excluding carboxylic acids is 3. The summed E-state index contributed by atoms with van der Waals surface area (Å²) in [5.74, 6) is -1.07. The predicted molar refractivity (Wildman–Crippen MR) is 100 cm³/mol. The molecule has 0 aliphatic carbocycles. The van der Waals surface area contributed by atoms with Crippen LogP contribution in [0.5, 0.6) is 5.75 Å². The molecular weight excluding hydrogens is 332 g/mol. The van der Waals surface area contributed by atoms with Crippen LogP contribution in [0.25, 0.3) is 0 Å². The minimum Gasteiger partial charge on any atom is -0.506 e. The Morgan fingerprint density at radius 2 is 1.62 bits per heavy atom. The van der Waals surface area contributed by atoms with Gasteiger partial charge >= 0.3 is 0 Å². The molecule has 3 N–H and O–H groups in total. The van der Waals surface area contributed by atoms with Gasteiger partial charge in [-0.1, -0.05) is 6.07 Å². The third-order valence-electron chi connectivity index (χ3n) is 3.67. The first-order valence-electron chi connectivity index (χ1n) is 7.97. The summed E-state index contributed by atoms with van der Waals surface area (Å²) in [6.07, 6.45) is 1.15. The Bertz CT molecular complexity index is 883. The molecule has 0 unspecified atom stereocenters. The first kappa shape index (κ1) is 18.9. The standard InChI is InChI=1S/C20H20N2O4/c1-12-4-9-17(18(24)10-12)22-19(25)11-13(2)20(26)21-16-7-5-15(6-8-16)14(3)23/h4-11,24H,1-3H3,(H,21,26)(H,22,25)/b13-11-. The molecule has 0 radical (unpaired) electrons. The van der Waals surface area contributed by atoms with Crippen molar-refractivity contribution in [2.24, 2.45) is 0 Å². The van der Waals surface area contributed by atoms with Crippen LogP contribution in [-0.4, -0.2) is 22.7 Å². The van der Waals surface area contributed by atoms with Gasteiger partial charge < -0.3 is 15.7 Å². The number of rotatable bonds is 5. The number of hydrogen-bond donors (Lipinski definition) is 3. The van der Waals surface area contributed by atoms with Crippen LogP contribution in [0.4, 0.5) is 11.4 Å². The highest BCUT2D eigenvalue weighted by molar-refractivity contribution is 6.10. The molecule has 2 amide bonds. The van der Waals surface area contributed by atoms with E-state index in [0.29, 0.717) is 11.3 Å². The molecule has 0 aliphatic rings. The zero-order chi connectivity index (χ0) is 19.3. The molecule has 0 heterocycles. The van der Waals surface area contributed by atoms with Crippen LogP contribution < -0.4 is 10.6 Å². The minimum atomic E-state index is -0.524. The lowest BCUT2D eigenvalue weighted by Gasteiger charge is -2.08. The number of Topliss-reactive ketones (excluding diaryl/α,β-unsaturated/α-hetero) is 1. The van der Waals surface area contributed by atoms with E-state index in [0.717, 1.165) is 11.6 Å². The zero-order valence-corrected chi connectivity index (χ0v) is 14.8. The summed E-state index contributed by atoms with van der Waals surface area (Å²) >= 11 is 0. The highest BCUT2D eigenvalue weighted by Gasteiger charge is 2.10. The van der Waals surface area contributed by atoms with E-state index in [2.05, 4.69) is 10.6 Å². The third kappa shape index (κ3) is 5.04. The van der Waals surface area contributed by atoms with Crippen LogP contribution in [0.15, 0.2) is 54.1 Å². The van der Waals surface area contributed by atoms with Crippen molar-refractivity contribution in [3.05, 3.63) is 65.2 Å². The molecule has 2 aromatic rings. The molecule has 0 aliphatic heterocycles. The van der Waals surface area contributed by atoms with Gasteiger partial charge in [-0.15, -0.1) is 0 Å². The van der Waals surface area contributed by atoms with Gasteiger partial charge in [0.25, 0.3) is 5.91 Å². The molecule has 2 rings (SSSR count). The van der Waals surface area contributed by atoms with E-state index in [-0.39, 0.29) is 22.8 Å². The molecule has 0 saturated heterocycles. The van der Waals surface area contributed by atoms with E-state index in [9.17, 15) is 19.5 Å². The van der Waals surface area contributed by atoms with E-state index in [1.807, 2.05) is 6.92 Å². The number of carbonyl (C=O) groups is 3. The Labute approximate surface area is 151 Å². The lowest BCUT2D eigenvalue weighted by Crippen LogP contribution is -2.16. The molecule has 0 fully saturated rings. The third-order valence-corrected chi connectivity index (χ3v) is 3.67. The highest BCUT2D eigenvalue weighted by atomic mass is 16.3. The van der Waals surface area contributed by atoms with Crippen molar-refractivity contribution in [2.75, 3.05) is 10.6 Å². The SMILES string of the molecule is CC(=O)c1ccc(NC(=O)/C(C)=C\C(=O)Nc2ccc(C)cc2O)cc1. The number of aryl methyl sites for hydroxylation is 1. The van der Waals surface area contributed by atoms with E-state index in [1.54, 1.807) is 36.4 Å². The largest absolute Gasteiger partial charge is 0.506 e. The van der Waals surface area contributed by atoms with Crippen LogP contribution in [0.3, 0.4) is 0 Å². The fourth-order valence-corrected chi connectivity index (χ4v) is 2.20. The number of benzene rings is 2. The van der Waals surface area contributed by atoms with Gasteiger partial charge in [-0.2, -0.15) is 0 Å². The molecule has 0 saturated carbocycles. The van der Waals surface area contributed by atoms with Crippen molar-refractivity contribution in [3.63, 3.8) is 0 Å². The molecule has 6 nitrogen and oxygen atoms in total. The van der Waals surface area contributed by atoms with E-state index in [1.165, 1.54) is 19.9 Å². The summed E-state index contributed by atoms with van der Waals surface area (Å²) in [7, 11) is 0. The van der Waals surface area contributed by atoms with E-state index in [4.69, 9.17) is 0 Å². The van der Waals surface area contributed by atoms with E-state index < -0.39 is 11.8 Å². The van der Waals surface area contributed by atoms with Crippen molar-refractivity contribution in [3.8, 4) is 5.75 Å². The summed E-state index contributed by atoms with van der Waals surface area (Å²) in [6, 6.07) is 11.3. The van der Waals surface area contributed by atoms with Crippen LogP contribution in [-0.2, 0) is 9.59 Å². The maximum atomic E-state index is 12.2. The average Bonchev–Trinajstić information content (AvgIpc) is 2.57. The highest BCUT2D eigenvalue weighted by Crippen LogP contribution is 2.23. The molecule has 134 valence electrons. The molecule has 0 aromatic heterocycles. The molecule has 0 atom stereocenters. The second-order valence-electron chi connectivity index (χ2n) is 5.92. The van der Waals surface area contributed by atoms with Gasteiger partial charge in [0.1, 0.15) is 5.75 Å². The number of aromatic hydroxyl groups is 1. The van der Waals surface area contributed by atoms with Crippen molar-refractivity contribution >= 4 is 29.0 Å². The Balaban J connectivity index is 2.01. The maximum Gasteiger partial charge on any atom is 0.251 e. The van der Waals surface area contributed by atoms with E-state index >= 15 is 0 Å². The number of nitrogens with one attached hydrogen (secondary N) is 2. The molecule has 0 bridgehead atoms. The van der Waals surface area contributed by atoms with Gasteiger partial charge in [0.2, 0.25) is 5.91 Å². The summed E-state index contributed by atoms with van der Waals surface area (Å²) in [5.41, 5.74) is 2.40. The Hall–Kier alpha value is -3.41. The van der Waals surface area contributed by atoms with Gasteiger partial charge in [-0.05, 0) is 62.7 Å². The summed E-state index contributed by atoms with van der Waals surface area (Å²) < 4.78 is 0. The van der Waals surface area contributed by atoms with Crippen molar-refractivity contribution in [1.29, 1.82) is 0 Å². The number of phenolic OH excluding ortho intramolecular Hbond substituents is 1. The normalized spacial score (nSPS) is 11.0. The Morgan fingerprint density at radius 3 is 2.19 bits per heavy atom. The lowest BCUT2D eigenvalue weighted by molar-refractivity contribution is -0.114. The summed E-state index contributed by atoms with van der Waals surface area (Å²) in [6.45, 7) is 4.79. The number of phenols is 1. The van der Waals surface area contributed by atoms with Crippen LogP contribution >= 0.6 is 0 Å². The number of hydrogen-bond acceptors (Lipinski definition) is 4. The summed E-state index contributed by atoms with van der Waals surface area (Å²) in [5, 5.41) is 15.0. The number of ketones is 1. The Morgan fingerprint density at radius 1 is 0.962 bits per heavy atom. The van der Waals surface area contributed by atoms with Crippen LogP contribution in [0.1, 0.15) is 29.8 Å². The lowest BCUT2D eigenvalue weighted by atomic mass is 10.1. The minimum absolute atomic E-state index is 0.0422. The van der Waals surface area contributed by atoms with Crippen molar-refractivity contribution < 1.29 is 19.5 Å². The van der Waals surface area contributed by atoms with Gasteiger partial charge in [-0.25, -0.2) is 0 Å². The number of anilines is 2. The summed E-state index contributed by atoms with van der Waals surface area (Å²) in [4.78, 5) is 35.4. The van der Waals surface area contributed by atoms with Crippen molar-refractivity contribution in [1.82, 2.24) is 0 Å². The molecule has 0 spiro atoms. The topological polar surface area (TPSA) is 95.5 Å². The monoisotopic (exact) mass is 352 g/mol.